The minimum absolute atomic E-state index is 0.337. The predicted octanol–water partition coefficient (Wildman–Crippen LogP) is 1.14. The molecule has 0 aliphatic carbocycles. The molecule has 6 heteroatoms. The Morgan fingerprint density at radius 1 is 1.37 bits per heavy atom. The van der Waals surface area contributed by atoms with E-state index >= 15 is 0 Å². The zero-order valence-corrected chi connectivity index (χ0v) is 11.7. The van der Waals surface area contributed by atoms with Crippen molar-refractivity contribution in [1.82, 2.24) is 15.3 Å². The average Bonchev–Trinajstić information content (AvgIpc) is 2.92. The standard InChI is InChI=1S/C13H19N3O3/c1-5-13(2,19-4)12-15-9-7-14-6-8(9)10(16-12)11(17)18-3/h14H,5-7H2,1-4H3. The van der Waals surface area contributed by atoms with Gasteiger partial charge in [0.15, 0.2) is 11.5 Å². The van der Waals surface area contributed by atoms with Crippen LogP contribution in [0.15, 0.2) is 0 Å². The lowest BCUT2D eigenvalue weighted by Gasteiger charge is -2.25. The quantitative estimate of drug-likeness (QED) is 0.823. The van der Waals surface area contributed by atoms with Crippen LogP contribution in [0.3, 0.4) is 0 Å². The van der Waals surface area contributed by atoms with E-state index in [1.165, 1.54) is 7.11 Å². The Kier molecular flexibility index (Phi) is 3.82. The number of carbonyl (C=O) groups excluding carboxylic acids is 1. The number of nitrogens with one attached hydrogen (secondary N) is 1. The molecule has 0 radical (unpaired) electrons. The van der Waals surface area contributed by atoms with Gasteiger partial charge in [0.2, 0.25) is 0 Å². The molecule has 2 rings (SSSR count). The molecule has 0 saturated carbocycles. The molecular weight excluding hydrogens is 246 g/mol. The lowest BCUT2D eigenvalue weighted by molar-refractivity contribution is -0.00939. The van der Waals surface area contributed by atoms with Gasteiger partial charge in [0, 0.05) is 25.8 Å². The fourth-order valence-corrected chi connectivity index (χ4v) is 2.06. The predicted molar refractivity (Wildman–Crippen MR) is 68.6 cm³/mol. The van der Waals surface area contributed by atoms with E-state index < -0.39 is 11.6 Å². The lowest BCUT2D eigenvalue weighted by atomic mass is 10.0. The number of rotatable bonds is 4. The van der Waals surface area contributed by atoms with E-state index in [2.05, 4.69) is 15.3 Å². The van der Waals surface area contributed by atoms with Crippen LogP contribution < -0.4 is 5.32 Å². The van der Waals surface area contributed by atoms with E-state index in [0.29, 0.717) is 24.6 Å². The molecule has 2 heterocycles. The van der Waals surface area contributed by atoms with Gasteiger partial charge in [-0.2, -0.15) is 0 Å². The van der Waals surface area contributed by atoms with Crippen LogP contribution in [0.2, 0.25) is 0 Å². The molecule has 1 aromatic rings. The zero-order chi connectivity index (χ0) is 14.0. The van der Waals surface area contributed by atoms with E-state index in [1.807, 2.05) is 13.8 Å². The van der Waals surface area contributed by atoms with Crippen molar-refractivity contribution in [1.29, 1.82) is 0 Å². The van der Waals surface area contributed by atoms with Crippen LogP contribution in [-0.4, -0.2) is 30.2 Å². The van der Waals surface area contributed by atoms with Crippen molar-refractivity contribution in [3.63, 3.8) is 0 Å². The molecule has 1 unspecified atom stereocenters. The number of methoxy groups -OCH3 is 2. The number of nitrogens with zero attached hydrogens (tertiary/aromatic N) is 2. The molecule has 19 heavy (non-hydrogen) atoms. The van der Waals surface area contributed by atoms with E-state index in [-0.39, 0.29) is 0 Å². The second kappa shape index (κ2) is 5.22. The molecule has 0 spiro atoms. The molecule has 104 valence electrons. The Morgan fingerprint density at radius 3 is 2.68 bits per heavy atom. The van der Waals surface area contributed by atoms with Crippen molar-refractivity contribution in [3.8, 4) is 0 Å². The lowest BCUT2D eigenvalue weighted by Crippen LogP contribution is -2.28. The fraction of sp³-hybridized carbons (Fsp3) is 0.615. The van der Waals surface area contributed by atoms with Crippen LogP contribution in [0.4, 0.5) is 0 Å². The largest absolute Gasteiger partial charge is 0.464 e. The Morgan fingerprint density at radius 2 is 2.11 bits per heavy atom. The third-order valence-electron chi connectivity index (χ3n) is 3.66. The van der Waals surface area contributed by atoms with E-state index in [1.54, 1.807) is 7.11 Å². The highest BCUT2D eigenvalue weighted by Gasteiger charge is 2.32. The van der Waals surface area contributed by atoms with Gasteiger partial charge in [-0.15, -0.1) is 0 Å². The normalized spacial score (nSPS) is 16.8. The van der Waals surface area contributed by atoms with Crippen molar-refractivity contribution in [3.05, 3.63) is 22.8 Å². The molecule has 0 bridgehead atoms. The molecule has 1 aliphatic rings. The first kappa shape index (κ1) is 13.9. The van der Waals surface area contributed by atoms with Crippen molar-refractivity contribution < 1.29 is 14.3 Å². The first-order valence-corrected chi connectivity index (χ1v) is 6.30. The van der Waals surface area contributed by atoms with Crippen molar-refractivity contribution in [2.75, 3.05) is 14.2 Å². The summed E-state index contributed by atoms with van der Waals surface area (Å²) < 4.78 is 10.3. The smallest absolute Gasteiger partial charge is 0.357 e. The first-order chi connectivity index (χ1) is 9.05. The molecule has 1 aromatic heterocycles. The van der Waals surface area contributed by atoms with Gasteiger partial charge in [-0.25, -0.2) is 14.8 Å². The summed E-state index contributed by atoms with van der Waals surface area (Å²) in [7, 11) is 2.98. The second-order valence-corrected chi connectivity index (χ2v) is 4.70. The van der Waals surface area contributed by atoms with Crippen molar-refractivity contribution >= 4 is 5.97 Å². The van der Waals surface area contributed by atoms with E-state index in [0.717, 1.165) is 17.7 Å². The summed E-state index contributed by atoms with van der Waals surface area (Å²) in [6, 6.07) is 0. The van der Waals surface area contributed by atoms with Crippen LogP contribution in [0.5, 0.6) is 0 Å². The molecular formula is C13H19N3O3. The van der Waals surface area contributed by atoms with Gasteiger partial charge in [-0.1, -0.05) is 6.92 Å². The number of fused-ring (bicyclic) bond motifs is 1. The highest BCUT2D eigenvalue weighted by molar-refractivity contribution is 5.89. The van der Waals surface area contributed by atoms with Gasteiger partial charge in [-0.05, 0) is 13.3 Å². The van der Waals surface area contributed by atoms with Crippen molar-refractivity contribution in [2.45, 2.75) is 39.0 Å². The molecule has 0 saturated heterocycles. The Labute approximate surface area is 112 Å². The summed E-state index contributed by atoms with van der Waals surface area (Å²) in [6.45, 7) is 5.14. The van der Waals surface area contributed by atoms with Gasteiger partial charge in [0.1, 0.15) is 5.60 Å². The van der Waals surface area contributed by atoms with E-state index in [4.69, 9.17) is 9.47 Å². The maximum atomic E-state index is 11.8. The summed E-state index contributed by atoms with van der Waals surface area (Å²) in [4.78, 5) is 20.8. The van der Waals surface area contributed by atoms with Gasteiger partial charge in [-0.3, -0.25) is 0 Å². The van der Waals surface area contributed by atoms with Crippen LogP contribution in [-0.2, 0) is 28.2 Å². The Balaban J connectivity index is 2.56. The molecule has 1 N–H and O–H groups in total. The average molecular weight is 265 g/mol. The third-order valence-corrected chi connectivity index (χ3v) is 3.66. The first-order valence-electron chi connectivity index (χ1n) is 6.30. The highest BCUT2D eigenvalue weighted by atomic mass is 16.5. The summed E-state index contributed by atoms with van der Waals surface area (Å²) in [5, 5.41) is 3.17. The van der Waals surface area contributed by atoms with Gasteiger partial charge in [0.25, 0.3) is 0 Å². The number of ether oxygens (including phenoxy) is 2. The highest BCUT2D eigenvalue weighted by Crippen LogP contribution is 2.28. The maximum Gasteiger partial charge on any atom is 0.357 e. The van der Waals surface area contributed by atoms with Gasteiger partial charge in [0.05, 0.1) is 12.8 Å². The second-order valence-electron chi connectivity index (χ2n) is 4.70. The van der Waals surface area contributed by atoms with E-state index in [9.17, 15) is 4.79 Å². The number of aromatic nitrogens is 2. The number of esters is 1. The Hall–Kier alpha value is -1.53. The molecule has 1 atom stereocenters. The number of hydrogen-bond acceptors (Lipinski definition) is 6. The molecule has 1 aliphatic heterocycles. The molecule has 0 aromatic carbocycles. The summed E-state index contributed by atoms with van der Waals surface area (Å²) in [5.74, 6) is 0.0958. The zero-order valence-electron chi connectivity index (χ0n) is 11.7. The number of hydrogen-bond donors (Lipinski definition) is 1. The summed E-state index contributed by atoms with van der Waals surface area (Å²) >= 11 is 0. The monoisotopic (exact) mass is 265 g/mol. The number of carbonyl (C=O) groups is 1. The maximum absolute atomic E-state index is 11.8. The van der Waals surface area contributed by atoms with Gasteiger partial charge >= 0.3 is 5.97 Å². The minimum atomic E-state index is -0.597. The van der Waals surface area contributed by atoms with Crippen LogP contribution in [0.1, 0.15) is 47.8 Å². The topological polar surface area (TPSA) is 73.3 Å². The molecule has 6 nitrogen and oxygen atoms in total. The van der Waals surface area contributed by atoms with Crippen LogP contribution in [0, 0.1) is 0 Å². The molecule has 0 fully saturated rings. The van der Waals surface area contributed by atoms with Crippen LogP contribution in [0.25, 0.3) is 0 Å². The summed E-state index contributed by atoms with van der Waals surface area (Å²) in [6.07, 6.45) is 0.719. The summed E-state index contributed by atoms with van der Waals surface area (Å²) in [5.41, 5.74) is 1.41. The Bertz CT molecular complexity index is 498. The van der Waals surface area contributed by atoms with Gasteiger partial charge < -0.3 is 14.8 Å². The minimum Gasteiger partial charge on any atom is -0.464 e. The van der Waals surface area contributed by atoms with Crippen molar-refractivity contribution in [2.24, 2.45) is 0 Å². The van der Waals surface area contributed by atoms with Crippen LogP contribution >= 0.6 is 0 Å². The third kappa shape index (κ3) is 2.33. The fourth-order valence-electron chi connectivity index (χ4n) is 2.06. The SMILES string of the molecule is CCC(C)(OC)c1nc2c(c(C(=O)OC)n1)CNC2. The molecule has 0 amide bonds.